The second-order valence-corrected chi connectivity index (χ2v) is 6.75. The fraction of sp³-hybridized carbons (Fsp3) is 0.579. The molecule has 0 radical (unpaired) electrons. The maximum absolute atomic E-state index is 12.5. The average molecular weight is 363 g/mol. The number of rotatable bonds is 8. The van der Waals surface area contributed by atoms with Crippen LogP contribution in [-0.4, -0.2) is 62.7 Å². The molecule has 0 aliphatic carbocycles. The van der Waals surface area contributed by atoms with Crippen LogP contribution in [0.3, 0.4) is 0 Å². The number of carbonyl (C=O) groups excluding carboxylic acids is 2. The van der Waals surface area contributed by atoms with Crippen molar-refractivity contribution < 1.29 is 19.1 Å². The van der Waals surface area contributed by atoms with Crippen LogP contribution in [-0.2, 0) is 14.3 Å². The van der Waals surface area contributed by atoms with Crippen LogP contribution in [0.15, 0.2) is 24.3 Å². The summed E-state index contributed by atoms with van der Waals surface area (Å²) in [5.74, 6) is 0.116. The molecule has 0 aromatic heterocycles. The molecule has 2 N–H and O–H groups in total. The summed E-state index contributed by atoms with van der Waals surface area (Å²) in [5, 5.41) is 5.65. The molecule has 2 amide bonds. The van der Waals surface area contributed by atoms with E-state index in [0.29, 0.717) is 18.8 Å². The van der Waals surface area contributed by atoms with E-state index < -0.39 is 5.41 Å². The van der Waals surface area contributed by atoms with Crippen molar-refractivity contribution in [3.8, 4) is 5.75 Å². The number of morpholine rings is 1. The minimum Gasteiger partial charge on any atom is -0.494 e. The van der Waals surface area contributed by atoms with Gasteiger partial charge in [0.15, 0.2) is 0 Å². The van der Waals surface area contributed by atoms with E-state index in [0.717, 1.165) is 38.6 Å². The monoisotopic (exact) mass is 363 g/mol. The molecule has 0 bridgehead atoms. The molecule has 7 nitrogen and oxygen atoms in total. The molecule has 2 rings (SSSR count). The molecule has 1 aliphatic heterocycles. The number of amides is 2. The smallest absolute Gasteiger partial charge is 0.239 e. The average Bonchev–Trinajstić information content (AvgIpc) is 2.64. The zero-order valence-corrected chi connectivity index (χ0v) is 15.8. The van der Waals surface area contributed by atoms with E-state index >= 15 is 0 Å². The third-order valence-corrected chi connectivity index (χ3v) is 4.38. The van der Waals surface area contributed by atoms with E-state index in [9.17, 15) is 9.59 Å². The van der Waals surface area contributed by atoms with Crippen LogP contribution in [0.25, 0.3) is 0 Å². The Hall–Kier alpha value is -2.12. The molecule has 7 heteroatoms. The Labute approximate surface area is 155 Å². The second-order valence-electron chi connectivity index (χ2n) is 6.75. The predicted octanol–water partition coefficient (Wildman–Crippen LogP) is 1.50. The molecule has 144 valence electrons. The first kappa shape index (κ1) is 20.2. The molecule has 1 heterocycles. The Kier molecular flexibility index (Phi) is 7.41. The Balaban J connectivity index is 1.82. The molecule has 0 unspecified atom stereocenters. The number of anilines is 1. The maximum atomic E-state index is 12.5. The Bertz CT molecular complexity index is 595. The highest BCUT2D eigenvalue weighted by Crippen LogP contribution is 2.21. The lowest BCUT2D eigenvalue weighted by atomic mass is 9.91. The number of nitrogens with one attached hydrogen (secondary N) is 2. The van der Waals surface area contributed by atoms with Gasteiger partial charge in [-0.05, 0) is 45.0 Å². The molecule has 1 aliphatic rings. The first-order valence-corrected chi connectivity index (χ1v) is 9.06. The largest absolute Gasteiger partial charge is 0.494 e. The van der Waals surface area contributed by atoms with E-state index in [2.05, 4.69) is 15.5 Å². The third-order valence-electron chi connectivity index (χ3n) is 4.38. The van der Waals surface area contributed by atoms with Gasteiger partial charge in [0.2, 0.25) is 11.8 Å². The SMILES string of the molecule is CCOc1ccc(NC(=O)C(C)(C)C(=O)NCCN2CCOCC2)cc1. The van der Waals surface area contributed by atoms with Crippen molar-refractivity contribution in [2.45, 2.75) is 20.8 Å². The van der Waals surface area contributed by atoms with Crippen LogP contribution in [0.4, 0.5) is 5.69 Å². The molecule has 1 fully saturated rings. The van der Waals surface area contributed by atoms with E-state index in [1.807, 2.05) is 6.92 Å². The highest BCUT2D eigenvalue weighted by atomic mass is 16.5. The number of hydrogen-bond donors (Lipinski definition) is 2. The normalized spacial score (nSPS) is 15.3. The molecule has 1 aromatic carbocycles. The Morgan fingerprint density at radius 2 is 1.81 bits per heavy atom. The van der Waals surface area contributed by atoms with Crippen molar-refractivity contribution in [2.75, 3.05) is 51.3 Å². The van der Waals surface area contributed by atoms with Crippen LogP contribution in [0, 0.1) is 5.41 Å². The molecular formula is C19H29N3O4. The zero-order chi connectivity index (χ0) is 19.0. The standard InChI is InChI=1S/C19H29N3O4/c1-4-26-16-7-5-15(6-8-16)21-18(24)19(2,3)17(23)20-9-10-22-11-13-25-14-12-22/h5-8H,4,9-14H2,1-3H3,(H,20,23)(H,21,24). The van der Waals surface area contributed by atoms with E-state index in [1.165, 1.54) is 0 Å². The maximum Gasteiger partial charge on any atom is 0.239 e. The second kappa shape index (κ2) is 9.54. The van der Waals surface area contributed by atoms with Crippen molar-refractivity contribution in [1.29, 1.82) is 0 Å². The number of ether oxygens (including phenoxy) is 2. The van der Waals surface area contributed by atoms with Crippen molar-refractivity contribution in [3.05, 3.63) is 24.3 Å². The van der Waals surface area contributed by atoms with Gasteiger partial charge in [0.05, 0.1) is 19.8 Å². The molecule has 0 saturated carbocycles. The number of hydrogen-bond acceptors (Lipinski definition) is 5. The highest BCUT2D eigenvalue weighted by Gasteiger charge is 2.36. The fourth-order valence-electron chi connectivity index (χ4n) is 2.56. The van der Waals surface area contributed by atoms with Crippen molar-refractivity contribution in [3.63, 3.8) is 0 Å². The van der Waals surface area contributed by atoms with Crippen molar-refractivity contribution in [2.24, 2.45) is 5.41 Å². The van der Waals surface area contributed by atoms with Crippen LogP contribution < -0.4 is 15.4 Å². The molecule has 1 saturated heterocycles. The Morgan fingerprint density at radius 3 is 2.42 bits per heavy atom. The minimum absolute atomic E-state index is 0.283. The van der Waals surface area contributed by atoms with Gasteiger partial charge in [-0.1, -0.05) is 0 Å². The number of benzene rings is 1. The summed E-state index contributed by atoms with van der Waals surface area (Å²) in [6, 6.07) is 7.09. The summed E-state index contributed by atoms with van der Waals surface area (Å²) < 4.78 is 10.7. The fourth-order valence-corrected chi connectivity index (χ4v) is 2.56. The van der Waals surface area contributed by atoms with Crippen LogP contribution in [0.1, 0.15) is 20.8 Å². The van der Waals surface area contributed by atoms with Gasteiger partial charge in [0, 0.05) is 31.9 Å². The van der Waals surface area contributed by atoms with Gasteiger partial charge < -0.3 is 20.1 Å². The predicted molar refractivity (Wildman–Crippen MR) is 100 cm³/mol. The Morgan fingerprint density at radius 1 is 1.15 bits per heavy atom. The summed E-state index contributed by atoms with van der Waals surface area (Å²) >= 11 is 0. The molecule has 0 atom stereocenters. The lowest BCUT2D eigenvalue weighted by molar-refractivity contribution is -0.138. The molecule has 1 aromatic rings. The first-order valence-electron chi connectivity index (χ1n) is 9.06. The summed E-state index contributed by atoms with van der Waals surface area (Å²) in [5.41, 5.74) is -0.531. The summed E-state index contributed by atoms with van der Waals surface area (Å²) in [4.78, 5) is 27.2. The van der Waals surface area contributed by atoms with E-state index in [-0.39, 0.29) is 11.8 Å². The summed E-state index contributed by atoms with van der Waals surface area (Å²) in [6.07, 6.45) is 0. The summed E-state index contributed by atoms with van der Waals surface area (Å²) in [6.45, 7) is 10.2. The topological polar surface area (TPSA) is 79.9 Å². The van der Waals surface area contributed by atoms with Crippen molar-refractivity contribution in [1.82, 2.24) is 10.2 Å². The summed E-state index contributed by atoms with van der Waals surface area (Å²) in [7, 11) is 0. The van der Waals surface area contributed by atoms with Crippen LogP contribution in [0.2, 0.25) is 0 Å². The van der Waals surface area contributed by atoms with Gasteiger partial charge in [-0.25, -0.2) is 0 Å². The van der Waals surface area contributed by atoms with Gasteiger partial charge in [0.25, 0.3) is 0 Å². The van der Waals surface area contributed by atoms with E-state index in [1.54, 1.807) is 38.1 Å². The number of nitrogens with zero attached hydrogens (tertiary/aromatic N) is 1. The molecule has 0 spiro atoms. The lowest BCUT2D eigenvalue weighted by Gasteiger charge is -2.27. The quantitative estimate of drug-likeness (QED) is 0.684. The highest BCUT2D eigenvalue weighted by molar-refractivity contribution is 6.09. The molecule has 26 heavy (non-hydrogen) atoms. The van der Waals surface area contributed by atoms with Gasteiger partial charge in [0.1, 0.15) is 11.2 Å². The van der Waals surface area contributed by atoms with Gasteiger partial charge >= 0.3 is 0 Å². The minimum atomic E-state index is -1.16. The zero-order valence-electron chi connectivity index (χ0n) is 15.8. The third kappa shape index (κ3) is 5.71. The van der Waals surface area contributed by atoms with E-state index in [4.69, 9.17) is 9.47 Å². The van der Waals surface area contributed by atoms with Crippen LogP contribution in [0.5, 0.6) is 5.75 Å². The lowest BCUT2D eigenvalue weighted by Crippen LogP contribution is -2.48. The van der Waals surface area contributed by atoms with Gasteiger partial charge in [-0.3, -0.25) is 14.5 Å². The number of carbonyl (C=O) groups is 2. The van der Waals surface area contributed by atoms with Crippen molar-refractivity contribution >= 4 is 17.5 Å². The van der Waals surface area contributed by atoms with Gasteiger partial charge in [-0.2, -0.15) is 0 Å². The van der Waals surface area contributed by atoms with Crippen LogP contribution >= 0.6 is 0 Å². The molecular weight excluding hydrogens is 334 g/mol. The first-order chi connectivity index (χ1) is 12.4. The van der Waals surface area contributed by atoms with Gasteiger partial charge in [-0.15, -0.1) is 0 Å².